The van der Waals surface area contributed by atoms with Gasteiger partial charge in [0.05, 0.1) is 5.03 Å². The molecular formula is C18H20N2S. The molecule has 0 saturated heterocycles. The average Bonchev–Trinajstić information content (AvgIpc) is 2.91. The van der Waals surface area contributed by atoms with Crippen molar-refractivity contribution in [2.24, 2.45) is 0 Å². The van der Waals surface area contributed by atoms with Gasteiger partial charge in [0.15, 0.2) is 0 Å². The van der Waals surface area contributed by atoms with E-state index in [0.717, 1.165) is 0 Å². The number of hydrogen-bond acceptors (Lipinski definition) is 2. The molecule has 108 valence electrons. The van der Waals surface area contributed by atoms with Crippen LogP contribution >= 0.6 is 11.8 Å². The molecule has 1 aromatic heterocycles. The summed E-state index contributed by atoms with van der Waals surface area (Å²) in [5.74, 6) is 0. The Balaban J connectivity index is 1.79. The number of fused-ring (bicyclic) bond motifs is 1. The maximum atomic E-state index is 3.49. The molecule has 2 aromatic carbocycles. The van der Waals surface area contributed by atoms with Gasteiger partial charge in [-0.1, -0.05) is 55.5 Å². The lowest BCUT2D eigenvalue weighted by molar-refractivity contribution is 0.589. The number of thioether (sulfide) groups is 1. The molecule has 2 N–H and O–H groups in total. The molecule has 2 nitrogen and oxygen atoms in total. The summed E-state index contributed by atoms with van der Waals surface area (Å²) in [6.07, 6.45) is 0. The first kappa shape index (κ1) is 14.2. The predicted molar refractivity (Wildman–Crippen MR) is 91.9 cm³/mol. The van der Waals surface area contributed by atoms with Crippen LogP contribution in [0.4, 0.5) is 0 Å². The number of para-hydroxylation sites is 1. The van der Waals surface area contributed by atoms with Crippen LogP contribution in [0, 0.1) is 0 Å². The van der Waals surface area contributed by atoms with Crippen molar-refractivity contribution in [3.63, 3.8) is 0 Å². The fourth-order valence-corrected chi connectivity index (χ4v) is 3.91. The lowest BCUT2D eigenvalue weighted by Crippen LogP contribution is -2.25. The smallest absolute Gasteiger partial charge is 0.0735 e. The van der Waals surface area contributed by atoms with Crippen LogP contribution in [-0.2, 0) is 0 Å². The molecule has 21 heavy (non-hydrogen) atoms. The van der Waals surface area contributed by atoms with Crippen molar-refractivity contribution in [3.8, 4) is 0 Å². The van der Waals surface area contributed by atoms with Gasteiger partial charge in [-0.05, 0) is 24.7 Å². The molecule has 0 amide bonds. The molecular weight excluding hydrogens is 276 g/mol. The van der Waals surface area contributed by atoms with E-state index in [-0.39, 0.29) is 0 Å². The normalized spacial score (nSPS) is 14.2. The Labute approximate surface area is 130 Å². The Morgan fingerprint density at radius 3 is 2.43 bits per heavy atom. The number of aromatic amines is 1. The van der Waals surface area contributed by atoms with Crippen LogP contribution in [0.1, 0.15) is 18.5 Å². The minimum absolute atomic E-state index is 0.336. The summed E-state index contributed by atoms with van der Waals surface area (Å²) in [4.78, 5) is 3.49. The highest BCUT2D eigenvalue weighted by atomic mass is 32.2. The second-order valence-corrected chi connectivity index (χ2v) is 6.64. The van der Waals surface area contributed by atoms with Gasteiger partial charge >= 0.3 is 0 Å². The van der Waals surface area contributed by atoms with Crippen molar-refractivity contribution in [3.05, 3.63) is 66.2 Å². The highest BCUT2D eigenvalue weighted by molar-refractivity contribution is 7.99. The summed E-state index contributed by atoms with van der Waals surface area (Å²) in [6.45, 7) is 2.27. The third-order valence-corrected chi connectivity index (χ3v) is 4.88. The van der Waals surface area contributed by atoms with E-state index in [1.165, 1.54) is 21.5 Å². The van der Waals surface area contributed by atoms with E-state index in [9.17, 15) is 0 Å². The highest BCUT2D eigenvalue weighted by Gasteiger charge is 2.19. The number of nitrogens with one attached hydrogen (secondary N) is 2. The molecule has 1 heterocycles. The summed E-state index contributed by atoms with van der Waals surface area (Å²) >= 11 is 1.88. The minimum Gasteiger partial charge on any atom is -0.350 e. The zero-order valence-electron chi connectivity index (χ0n) is 12.3. The first-order valence-electron chi connectivity index (χ1n) is 7.24. The summed E-state index contributed by atoms with van der Waals surface area (Å²) in [5, 5.41) is 6.37. The average molecular weight is 296 g/mol. The van der Waals surface area contributed by atoms with E-state index in [4.69, 9.17) is 0 Å². The number of H-pyrrole nitrogens is 1. The van der Waals surface area contributed by atoms with Crippen molar-refractivity contribution in [1.82, 2.24) is 10.3 Å². The number of hydrogen-bond donors (Lipinski definition) is 2. The van der Waals surface area contributed by atoms with Gasteiger partial charge < -0.3 is 10.3 Å². The number of aromatic nitrogens is 1. The van der Waals surface area contributed by atoms with Gasteiger partial charge in [-0.2, -0.15) is 0 Å². The van der Waals surface area contributed by atoms with Gasteiger partial charge in [0.1, 0.15) is 0 Å². The Hall–Kier alpha value is -1.71. The Kier molecular flexibility index (Phi) is 4.32. The number of benzene rings is 2. The monoisotopic (exact) mass is 296 g/mol. The molecule has 0 fully saturated rings. The molecule has 0 radical (unpaired) electrons. The van der Waals surface area contributed by atoms with Crippen LogP contribution < -0.4 is 5.32 Å². The van der Waals surface area contributed by atoms with E-state index >= 15 is 0 Å². The highest BCUT2D eigenvalue weighted by Crippen LogP contribution is 2.32. The van der Waals surface area contributed by atoms with Crippen molar-refractivity contribution >= 4 is 22.7 Å². The third kappa shape index (κ3) is 3.14. The van der Waals surface area contributed by atoms with E-state index in [1.807, 2.05) is 18.8 Å². The molecule has 0 aliphatic rings. The van der Waals surface area contributed by atoms with Gasteiger partial charge in [-0.15, -0.1) is 11.8 Å². The fraction of sp³-hybridized carbons (Fsp3) is 0.222. The van der Waals surface area contributed by atoms with Gasteiger partial charge in [0, 0.05) is 22.2 Å². The number of rotatable bonds is 5. The molecule has 3 heteroatoms. The summed E-state index contributed by atoms with van der Waals surface area (Å²) < 4.78 is 0. The van der Waals surface area contributed by atoms with Gasteiger partial charge in [-0.25, -0.2) is 0 Å². The Bertz CT molecular complexity index is 672. The first-order valence-corrected chi connectivity index (χ1v) is 8.12. The largest absolute Gasteiger partial charge is 0.350 e. The fourth-order valence-electron chi connectivity index (χ4n) is 2.71. The van der Waals surface area contributed by atoms with Gasteiger partial charge in [0.25, 0.3) is 0 Å². The lowest BCUT2D eigenvalue weighted by Gasteiger charge is -2.23. The quantitative estimate of drug-likeness (QED) is 0.673. The van der Waals surface area contributed by atoms with Crippen LogP contribution in [-0.4, -0.2) is 17.3 Å². The molecule has 3 rings (SSSR count). The van der Waals surface area contributed by atoms with Gasteiger partial charge in [-0.3, -0.25) is 0 Å². The maximum Gasteiger partial charge on any atom is 0.0735 e. The summed E-state index contributed by atoms with van der Waals surface area (Å²) in [6, 6.07) is 21.6. The Morgan fingerprint density at radius 1 is 1.00 bits per heavy atom. The first-order chi connectivity index (χ1) is 10.3. The standard InChI is InChI=1S/C18H20N2S/c1-13(18(19-2)14-8-4-3-5-9-14)21-17-12-15-10-6-7-11-16(15)20-17/h3-13,18-20H,1-2H3. The van der Waals surface area contributed by atoms with Crippen LogP contribution in [0.3, 0.4) is 0 Å². The summed E-state index contributed by atoms with van der Waals surface area (Å²) in [7, 11) is 2.03. The predicted octanol–water partition coefficient (Wildman–Crippen LogP) is 4.61. The van der Waals surface area contributed by atoms with Crippen LogP contribution in [0.5, 0.6) is 0 Å². The Morgan fingerprint density at radius 2 is 1.71 bits per heavy atom. The molecule has 0 aliphatic heterocycles. The van der Waals surface area contributed by atoms with Crippen LogP contribution in [0.15, 0.2) is 65.7 Å². The van der Waals surface area contributed by atoms with Crippen molar-refractivity contribution < 1.29 is 0 Å². The molecule has 2 unspecified atom stereocenters. The third-order valence-electron chi connectivity index (χ3n) is 3.76. The molecule has 0 bridgehead atoms. The second-order valence-electron chi connectivity index (χ2n) is 5.22. The zero-order chi connectivity index (χ0) is 14.7. The van der Waals surface area contributed by atoms with Crippen LogP contribution in [0.2, 0.25) is 0 Å². The zero-order valence-corrected chi connectivity index (χ0v) is 13.2. The van der Waals surface area contributed by atoms with E-state index in [0.29, 0.717) is 11.3 Å². The summed E-state index contributed by atoms with van der Waals surface area (Å²) in [5.41, 5.74) is 2.53. The van der Waals surface area contributed by atoms with Gasteiger partial charge in [0.2, 0.25) is 0 Å². The van der Waals surface area contributed by atoms with E-state index < -0.39 is 0 Å². The van der Waals surface area contributed by atoms with Crippen molar-refractivity contribution in [2.45, 2.75) is 23.2 Å². The van der Waals surface area contributed by atoms with Crippen molar-refractivity contribution in [1.29, 1.82) is 0 Å². The lowest BCUT2D eigenvalue weighted by atomic mass is 10.0. The molecule has 3 aromatic rings. The second kappa shape index (κ2) is 6.37. The minimum atomic E-state index is 0.336. The topological polar surface area (TPSA) is 27.8 Å². The maximum absolute atomic E-state index is 3.49. The molecule has 0 spiro atoms. The van der Waals surface area contributed by atoms with Crippen LogP contribution in [0.25, 0.3) is 10.9 Å². The molecule has 2 atom stereocenters. The van der Waals surface area contributed by atoms with E-state index in [1.54, 1.807) is 0 Å². The van der Waals surface area contributed by atoms with E-state index in [2.05, 4.69) is 77.9 Å². The molecule has 0 saturated carbocycles. The van der Waals surface area contributed by atoms with Crippen molar-refractivity contribution in [2.75, 3.05) is 7.05 Å². The SMILES string of the molecule is CNC(c1ccccc1)C(C)Sc1cc2ccccc2[nH]1. The molecule has 0 aliphatic carbocycles.